The van der Waals surface area contributed by atoms with E-state index in [4.69, 9.17) is 9.84 Å². The number of nitro groups is 1. The summed E-state index contributed by atoms with van der Waals surface area (Å²) in [4.78, 5) is 21.4. The molecule has 110 valence electrons. The van der Waals surface area contributed by atoms with Gasteiger partial charge in [0.15, 0.2) is 11.6 Å². The summed E-state index contributed by atoms with van der Waals surface area (Å²) >= 11 is 0. The molecule has 0 aliphatic rings. The highest BCUT2D eigenvalue weighted by Gasteiger charge is 2.23. The predicted octanol–water partition coefficient (Wildman–Crippen LogP) is 0.612. The summed E-state index contributed by atoms with van der Waals surface area (Å²) in [5, 5.41) is 21.4. The molecule has 1 aromatic rings. The Hall–Kier alpha value is -2.13. The Labute approximate surface area is 112 Å². The van der Waals surface area contributed by atoms with Crippen LogP contribution in [0.15, 0.2) is 12.1 Å². The molecule has 0 saturated carbocycles. The number of hydrogen-bond donors (Lipinski definition) is 2. The van der Waals surface area contributed by atoms with Gasteiger partial charge < -0.3 is 15.2 Å². The van der Waals surface area contributed by atoms with E-state index in [0.29, 0.717) is 12.1 Å². The number of ether oxygens (including phenoxy) is 1. The molecule has 0 atom stereocenters. The summed E-state index contributed by atoms with van der Waals surface area (Å²) in [5.74, 6) is -3.67. The van der Waals surface area contributed by atoms with Crippen LogP contribution >= 0.6 is 0 Å². The topological polar surface area (TPSA) is 102 Å². The SMILES string of the molecule is O=C(NCCOCCO)c1cc(F)c(F)cc1[N+](=O)[O-]. The van der Waals surface area contributed by atoms with Crippen molar-refractivity contribution < 1.29 is 28.3 Å². The van der Waals surface area contributed by atoms with Gasteiger partial charge in [0, 0.05) is 6.54 Å². The summed E-state index contributed by atoms with van der Waals surface area (Å²) < 4.78 is 30.8. The first-order chi connectivity index (χ1) is 9.47. The minimum Gasteiger partial charge on any atom is -0.394 e. The Morgan fingerprint density at radius 3 is 2.60 bits per heavy atom. The Morgan fingerprint density at radius 2 is 2.00 bits per heavy atom. The van der Waals surface area contributed by atoms with Gasteiger partial charge in [-0.3, -0.25) is 14.9 Å². The second-order valence-electron chi connectivity index (χ2n) is 3.63. The Bertz CT molecular complexity index is 510. The Balaban J connectivity index is 2.76. The molecule has 7 nitrogen and oxygen atoms in total. The van der Waals surface area contributed by atoms with E-state index < -0.39 is 33.7 Å². The summed E-state index contributed by atoms with van der Waals surface area (Å²) in [6, 6.07) is 0.823. The lowest BCUT2D eigenvalue weighted by molar-refractivity contribution is -0.385. The van der Waals surface area contributed by atoms with Crippen LogP contribution in [0.4, 0.5) is 14.5 Å². The number of aliphatic hydroxyl groups excluding tert-OH is 1. The minimum atomic E-state index is -1.40. The van der Waals surface area contributed by atoms with Gasteiger partial charge in [-0.25, -0.2) is 8.78 Å². The van der Waals surface area contributed by atoms with Gasteiger partial charge in [-0.2, -0.15) is 0 Å². The van der Waals surface area contributed by atoms with E-state index in [2.05, 4.69) is 5.32 Å². The van der Waals surface area contributed by atoms with Gasteiger partial charge in [0.2, 0.25) is 0 Å². The Morgan fingerprint density at radius 1 is 1.35 bits per heavy atom. The average Bonchev–Trinajstić information content (AvgIpc) is 2.40. The molecule has 0 radical (unpaired) electrons. The van der Waals surface area contributed by atoms with Gasteiger partial charge >= 0.3 is 0 Å². The number of halogens is 2. The molecule has 20 heavy (non-hydrogen) atoms. The van der Waals surface area contributed by atoms with Gasteiger partial charge in [-0.15, -0.1) is 0 Å². The molecule has 1 amide bonds. The molecule has 0 aliphatic heterocycles. The fourth-order valence-corrected chi connectivity index (χ4v) is 1.37. The zero-order valence-corrected chi connectivity index (χ0v) is 10.3. The quantitative estimate of drug-likeness (QED) is 0.435. The van der Waals surface area contributed by atoms with Crippen LogP contribution in [-0.2, 0) is 4.74 Å². The highest BCUT2D eigenvalue weighted by Crippen LogP contribution is 2.22. The molecule has 0 unspecified atom stereocenters. The van der Waals surface area contributed by atoms with Crippen molar-refractivity contribution in [3.8, 4) is 0 Å². The first-order valence-corrected chi connectivity index (χ1v) is 5.57. The molecule has 0 spiro atoms. The number of benzene rings is 1. The third-order valence-corrected chi connectivity index (χ3v) is 2.25. The van der Waals surface area contributed by atoms with Crippen LogP contribution in [-0.4, -0.2) is 42.3 Å². The Kier molecular flexibility index (Phi) is 5.94. The van der Waals surface area contributed by atoms with E-state index in [9.17, 15) is 23.7 Å². The number of hydrogen-bond acceptors (Lipinski definition) is 5. The molecule has 1 rings (SSSR count). The van der Waals surface area contributed by atoms with E-state index in [0.717, 1.165) is 0 Å². The van der Waals surface area contributed by atoms with E-state index in [1.807, 2.05) is 0 Å². The molecule has 0 fully saturated rings. The minimum absolute atomic E-state index is 0.00891. The van der Waals surface area contributed by atoms with E-state index in [1.54, 1.807) is 0 Å². The lowest BCUT2D eigenvalue weighted by Gasteiger charge is -2.06. The normalized spacial score (nSPS) is 10.3. The monoisotopic (exact) mass is 290 g/mol. The summed E-state index contributed by atoms with van der Waals surface area (Å²) in [6.45, 7) is -0.0114. The highest BCUT2D eigenvalue weighted by molar-refractivity contribution is 5.98. The van der Waals surface area contributed by atoms with Crippen LogP contribution in [0.5, 0.6) is 0 Å². The summed E-state index contributed by atoms with van der Waals surface area (Å²) in [6.07, 6.45) is 0. The van der Waals surface area contributed by atoms with Gasteiger partial charge in [0.1, 0.15) is 5.56 Å². The molecule has 2 N–H and O–H groups in total. The molecule has 0 heterocycles. The zero-order chi connectivity index (χ0) is 15.1. The molecular weight excluding hydrogens is 278 g/mol. The predicted molar refractivity (Wildman–Crippen MR) is 63.3 cm³/mol. The molecule has 9 heteroatoms. The maximum absolute atomic E-state index is 13.0. The van der Waals surface area contributed by atoms with Gasteiger partial charge in [0.05, 0.1) is 30.8 Å². The molecule has 0 saturated heterocycles. The number of rotatable bonds is 7. The second kappa shape index (κ2) is 7.46. The van der Waals surface area contributed by atoms with Crippen LogP contribution in [0.1, 0.15) is 10.4 Å². The van der Waals surface area contributed by atoms with Crippen molar-refractivity contribution in [2.24, 2.45) is 0 Å². The summed E-state index contributed by atoms with van der Waals surface area (Å²) in [7, 11) is 0. The number of carbonyl (C=O) groups is 1. The van der Waals surface area contributed by atoms with Crippen LogP contribution in [0.25, 0.3) is 0 Å². The van der Waals surface area contributed by atoms with Crippen molar-refractivity contribution in [2.75, 3.05) is 26.4 Å². The fraction of sp³-hybridized carbons (Fsp3) is 0.364. The number of nitrogens with zero attached hydrogens (tertiary/aromatic N) is 1. The van der Waals surface area contributed by atoms with E-state index in [1.165, 1.54) is 0 Å². The number of nitro benzene ring substituents is 1. The molecule has 0 aromatic heterocycles. The smallest absolute Gasteiger partial charge is 0.285 e. The third-order valence-electron chi connectivity index (χ3n) is 2.25. The first kappa shape index (κ1) is 15.9. The molecule has 1 aromatic carbocycles. The largest absolute Gasteiger partial charge is 0.394 e. The number of aliphatic hydroxyl groups is 1. The fourth-order valence-electron chi connectivity index (χ4n) is 1.37. The lowest BCUT2D eigenvalue weighted by atomic mass is 10.1. The first-order valence-electron chi connectivity index (χ1n) is 5.57. The van der Waals surface area contributed by atoms with Crippen molar-refractivity contribution in [2.45, 2.75) is 0 Å². The molecule has 0 bridgehead atoms. The van der Waals surface area contributed by atoms with E-state index in [-0.39, 0.29) is 26.4 Å². The van der Waals surface area contributed by atoms with Crippen LogP contribution < -0.4 is 5.32 Å². The number of nitrogens with one attached hydrogen (secondary N) is 1. The molecule has 0 aliphatic carbocycles. The van der Waals surface area contributed by atoms with Crippen LogP contribution in [0.3, 0.4) is 0 Å². The van der Waals surface area contributed by atoms with Crippen molar-refractivity contribution >= 4 is 11.6 Å². The van der Waals surface area contributed by atoms with Crippen molar-refractivity contribution in [3.63, 3.8) is 0 Å². The number of carbonyl (C=O) groups excluding carboxylic acids is 1. The van der Waals surface area contributed by atoms with E-state index >= 15 is 0 Å². The van der Waals surface area contributed by atoms with Gasteiger partial charge in [-0.05, 0) is 6.07 Å². The molecular formula is C11H12F2N2O5. The van der Waals surface area contributed by atoms with Gasteiger partial charge in [-0.1, -0.05) is 0 Å². The van der Waals surface area contributed by atoms with Crippen molar-refractivity contribution in [1.29, 1.82) is 0 Å². The number of amides is 1. The zero-order valence-electron chi connectivity index (χ0n) is 10.3. The summed E-state index contributed by atoms with van der Waals surface area (Å²) in [5.41, 5.74) is -1.39. The maximum atomic E-state index is 13.0. The third kappa shape index (κ3) is 4.21. The average molecular weight is 290 g/mol. The van der Waals surface area contributed by atoms with Crippen molar-refractivity contribution in [1.82, 2.24) is 5.32 Å². The maximum Gasteiger partial charge on any atom is 0.285 e. The van der Waals surface area contributed by atoms with Gasteiger partial charge in [0.25, 0.3) is 11.6 Å². The highest BCUT2D eigenvalue weighted by atomic mass is 19.2. The van der Waals surface area contributed by atoms with Crippen LogP contribution in [0.2, 0.25) is 0 Å². The van der Waals surface area contributed by atoms with Crippen molar-refractivity contribution in [3.05, 3.63) is 39.4 Å². The van der Waals surface area contributed by atoms with Crippen LogP contribution in [0, 0.1) is 21.7 Å². The standard InChI is InChI=1S/C11H12F2N2O5/c12-8-5-7(10(15(18)19)6-9(8)13)11(17)14-1-3-20-4-2-16/h5-6,16H,1-4H2,(H,14,17). The lowest BCUT2D eigenvalue weighted by Crippen LogP contribution is -2.28. The second-order valence-corrected chi connectivity index (χ2v) is 3.63.